The number of benzene rings is 2. The lowest BCUT2D eigenvalue weighted by Crippen LogP contribution is -2.19. The zero-order valence-corrected chi connectivity index (χ0v) is 13.3. The third-order valence-electron chi connectivity index (χ3n) is 3.99. The summed E-state index contributed by atoms with van der Waals surface area (Å²) in [6.45, 7) is 0.647. The monoisotopic (exact) mass is 355 g/mol. The van der Waals surface area contributed by atoms with Crippen LogP contribution in [-0.4, -0.2) is 14.8 Å². The van der Waals surface area contributed by atoms with Gasteiger partial charge in [0, 0.05) is 4.47 Å². The molecule has 0 saturated carbocycles. The van der Waals surface area contributed by atoms with Crippen LogP contribution in [0.2, 0.25) is 0 Å². The maximum absolute atomic E-state index is 6.19. The van der Waals surface area contributed by atoms with Gasteiger partial charge in [0.15, 0.2) is 0 Å². The van der Waals surface area contributed by atoms with E-state index < -0.39 is 0 Å². The van der Waals surface area contributed by atoms with Gasteiger partial charge in [-0.3, -0.25) is 0 Å². The van der Waals surface area contributed by atoms with Gasteiger partial charge in [0.25, 0.3) is 0 Å². The fourth-order valence-electron chi connectivity index (χ4n) is 2.86. The van der Waals surface area contributed by atoms with Crippen LogP contribution in [0.5, 0.6) is 0 Å². The van der Waals surface area contributed by atoms with Gasteiger partial charge in [0.2, 0.25) is 0 Å². The summed E-state index contributed by atoms with van der Waals surface area (Å²) in [7, 11) is 0. The number of aromatic nitrogens is 3. The molecule has 0 radical (unpaired) electrons. The third kappa shape index (κ3) is 2.36. The van der Waals surface area contributed by atoms with Gasteiger partial charge in [-0.2, -0.15) is 5.10 Å². The predicted octanol–water partition coefficient (Wildman–Crippen LogP) is 3.71. The Kier molecular flexibility index (Phi) is 3.32. The molecule has 2 atom stereocenters. The van der Waals surface area contributed by atoms with E-state index in [9.17, 15) is 0 Å². The molecule has 1 aromatic heterocycles. The third-order valence-corrected chi connectivity index (χ3v) is 4.52. The number of halogens is 1. The molecular weight excluding hydrogens is 342 g/mol. The standard InChI is InChI=1S/C17H14BrN3O/c18-15-8-6-14(7-9-15)17(10-21-12-19-11-20-21)16(22-17)13-4-2-1-3-5-13/h1-9,11-12,16H,10H2. The minimum atomic E-state index is -0.379. The summed E-state index contributed by atoms with van der Waals surface area (Å²) in [5, 5.41) is 4.23. The van der Waals surface area contributed by atoms with Crippen molar-refractivity contribution in [2.45, 2.75) is 18.2 Å². The lowest BCUT2D eigenvalue weighted by Gasteiger charge is -2.14. The molecule has 110 valence electrons. The van der Waals surface area contributed by atoms with Gasteiger partial charge in [-0.1, -0.05) is 58.4 Å². The summed E-state index contributed by atoms with van der Waals surface area (Å²) < 4.78 is 9.07. The van der Waals surface area contributed by atoms with Gasteiger partial charge < -0.3 is 4.74 Å². The van der Waals surface area contributed by atoms with Crippen LogP contribution in [0.15, 0.2) is 71.7 Å². The van der Waals surface area contributed by atoms with Crippen molar-refractivity contribution in [3.8, 4) is 0 Å². The van der Waals surface area contributed by atoms with Gasteiger partial charge >= 0.3 is 0 Å². The number of hydrogen-bond donors (Lipinski definition) is 0. The molecule has 2 unspecified atom stereocenters. The first-order valence-electron chi connectivity index (χ1n) is 7.09. The second kappa shape index (κ2) is 5.34. The van der Waals surface area contributed by atoms with E-state index in [1.54, 1.807) is 12.7 Å². The van der Waals surface area contributed by atoms with Gasteiger partial charge in [0.05, 0.1) is 6.54 Å². The van der Waals surface area contributed by atoms with E-state index in [1.807, 2.05) is 35.0 Å². The fourth-order valence-corrected chi connectivity index (χ4v) is 3.12. The number of hydrogen-bond acceptors (Lipinski definition) is 3. The van der Waals surface area contributed by atoms with Crippen LogP contribution in [0.3, 0.4) is 0 Å². The van der Waals surface area contributed by atoms with E-state index in [0.717, 1.165) is 10.0 Å². The Morgan fingerprint density at radius 2 is 1.86 bits per heavy atom. The molecule has 2 aromatic carbocycles. The van der Waals surface area contributed by atoms with Crippen molar-refractivity contribution >= 4 is 15.9 Å². The minimum absolute atomic E-state index is 0.0408. The topological polar surface area (TPSA) is 43.2 Å². The van der Waals surface area contributed by atoms with Crippen LogP contribution in [0, 0.1) is 0 Å². The Bertz CT molecular complexity index is 758. The average Bonchev–Trinajstić information content (AvgIpc) is 3.04. The first kappa shape index (κ1) is 13.7. The summed E-state index contributed by atoms with van der Waals surface area (Å²) in [6.07, 6.45) is 3.32. The summed E-state index contributed by atoms with van der Waals surface area (Å²) in [5.41, 5.74) is 1.96. The molecule has 0 spiro atoms. The van der Waals surface area contributed by atoms with E-state index in [0.29, 0.717) is 6.54 Å². The molecule has 1 aliphatic rings. The van der Waals surface area contributed by atoms with Crippen molar-refractivity contribution in [3.63, 3.8) is 0 Å². The van der Waals surface area contributed by atoms with E-state index >= 15 is 0 Å². The quantitative estimate of drug-likeness (QED) is 0.670. The zero-order chi connectivity index (χ0) is 15.0. The highest BCUT2D eigenvalue weighted by molar-refractivity contribution is 9.10. The highest BCUT2D eigenvalue weighted by Crippen LogP contribution is 2.57. The zero-order valence-electron chi connectivity index (χ0n) is 11.8. The average molecular weight is 356 g/mol. The largest absolute Gasteiger partial charge is 0.354 e. The molecule has 4 nitrogen and oxygen atoms in total. The molecule has 0 aliphatic carbocycles. The predicted molar refractivity (Wildman–Crippen MR) is 86.1 cm³/mol. The van der Waals surface area contributed by atoms with Gasteiger partial charge in [-0.05, 0) is 23.3 Å². The maximum atomic E-state index is 6.19. The van der Waals surface area contributed by atoms with Crippen molar-refractivity contribution in [1.82, 2.24) is 14.8 Å². The van der Waals surface area contributed by atoms with Crippen LogP contribution in [0.1, 0.15) is 17.2 Å². The smallest absolute Gasteiger partial charge is 0.144 e. The Balaban J connectivity index is 1.72. The Hall–Kier alpha value is -1.98. The first-order valence-corrected chi connectivity index (χ1v) is 7.88. The highest BCUT2D eigenvalue weighted by Gasteiger charge is 2.58. The molecule has 1 saturated heterocycles. The molecule has 22 heavy (non-hydrogen) atoms. The van der Waals surface area contributed by atoms with Crippen molar-refractivity contribution in [1.29, 1.82) is 0 Å². The van der Waals surface area contributed by atoms with Crippen LogP contribution >= 0.6 is 15.9 Å². The second-order valence-corrected chi connectivity index (χ2v) is 6.31. The van der Waals surface area contributed by atoms with Crippen molar-refractivity contribution in [3.05, 3.63) is 82.9 Å². The molecule has 1 fully saturated rings. The lowest BCUT2D eigenvalue weighted by molar-refractivity contribution is 0.262. The number of epoxide rings is 1. The van der Waals surface area contributed by atoms with Crippen LogP contribution in [0.25, 0.3) is 0 Å². The SMILES string of the molecule is Brc1ccc(C2(Cn3cncn3)OC2c2ccccc2)cc1. The van der Waals surface area contributed by atoms with E-state index in [-0.39, 0.29) is 11.7 Å². The van der Waals surface area contributed by atoms with E-state index in [2.05, 4.69) is 50.3 Å². The Labute approximate surface area is 136 Å². The normalized spacial score (nSPS) is 23.4. The van der Waals surface area contributed by atoms with Crippen LogP contribution in [-0.2, 0) is 16.9 Å². The summed E-state index contributed by atoms with van der Waals surface area (Å²) in [6, 6.07) is 18.6. The molecule has 1 aliphatic heterocycles. The molecule has 5 heteroatoms. The van der Waals surface area contributed by atoms with Crippen molar-refractivity contribution in [2.75, 3.05) is 0 Å². The Morgan fingerprint density at radius 1 is 1.09 bits per heavy atom. The van der Waals surface area contributed by atoms with Crippen LogP contribution in [0.4, 0.5) is 0 Å². The molecule has 3 aromatic rings. The van der Waals surface area contributed by atoms with Gasteiger partial charge in [0.1, 0.15) is 24.4 Å². The molecule has 0 amide bonds. The van der Waals surface area contributed by atoms with E-state index in [1.165, 1.54) is 5.56 Å². The molecule has 4 rings (SSSR count). The molecule has 2 heterocycles. The first-order chi connectivity index (χ1) is 10.8. The number of rotatable bonds is 4. The summed E-state index contributed by atoms with van der Waals surface area (Å²) in [5.74, 6) is 0. The van der Waals surface area contributed by atoms with Crippen molar-refractivity contribution < 1.29 is 4.74 Å². The van der Waals surface area contributed by atoms with E-state index in [4.69, 9.17) is 4.74 Å². The minimum Gasteiger partial charge on any atom is -0.354 e. The number of ether oxygens (including phenoxy) is 1. The fraction of sp³-hybridized carbons (Fsp3) is 0.176. The Morgan fingerprint density at radius 3 is 2.55 bits per heavy atom. The molecule has 0 N–H and O–H groups in total. The summed E-state index contributed by atoms with van der Waals surface area (Å²) in [4.78, 5) is 4.03. The second-order valence-electron chi connectivity index (χ2n) is 5.40. The van der Waals surface area contributed by atoms with Gasteiger partial charge in [-0.15, -0.1) is 0 Å². The van der Waals surface area contributed by atoms with Crippen LogP contribution < -0.4 is 0 Å². The molecule has 0 bridgehead atoms. The lowest BCUT2D eigenvalue weighted by atomic mass is 9.91. The van der Waals surface area contributed by atoms with Crippen molar-refractivity contribution in [2.24, 2.45) is 0 Å². The highest BCUT2D eigenvalue weighted by atomic mass is 79.9. The maximum Gasteiger partial charge on any atom is 0.144 e. The molecular formula is C17H14BrN3O. The summed E-state index contributed by atoms with van der Waals surface area (Å²) >= 11 is 3.48. The number of nitrogens with zero attached hydrogens (tertiary/aromatic N) is 3. The van der Waals surface area contributed by atoms with Gasteiger partial charge in [-0.25, -0.2) is 9.67 Å².